The Morgan fingerprint density at radius 1 is 1.17 bits per heavy atom. The number of aryl methyl sites for hydroxylation is 2. The minimum Gasteiger partial charge on any atom is -0.384 e. The quantitative estimate of drug-likeness (QED) is 0.476. The predicted octanol–water partition coefficient (Wildman–Crippen LogP) is 2.41. The average molecular weight is 425 g/mol. The van der Waals surface area contributed by atoms with Crippen molar-refractivity contribution in [2.24, 2.45) is 0 Å². The fraction of sp³-hybridized carbons (Fsp3) is 0.238. The smallest absolute Gasteiger partial charge is 0.278 e. The number of rotatable bonds is 8. The van der Waals surface area contributed by atoms with E-state index in [1.165, 1.54) is 22.7 Å². The third kappa shape index (κ3) is 5.60. The second-order valence-electron chi connectivity index (χ2n) is 6.74. The highest BCUT2D eigenvalue weighted by Gasteiger charge is 2.12. The molecule has 0 spiro atoms. The molecule has 8 nitrogen and oxygen atoms in total. The highest BCUT2D eigenvalue weighted by molar-refractivity contribution is 7.99. The van der Waals surface area contributed by atoms with Crippen LogP contribution in [0.2, 0.25) is 0 Å². The number of carbonyl (C=O) groups is 1. The van der Waals surface area contributed by atoms with E-state index in [1.807, 2.05) is 43.3 Å². The zero-order valence-electron chi connectivity index (χ0n) is 16.9. The van der Waals surface area contributed by atoms with Gasteiger partial charge < -0.3 is 15.8 Å². The van der Waals surface area contributed by atoms with Gasteiger partial charge in [0.15, 0.2) is 0 Å². The number of pyridine rings is 1. The van der Waals surface area contributed by atoms with Crippen LogP contribution in [0.3, 0.4) is 0 Å². The highest BCUT2D eigenvalue weighted by Crippen LogP contribution is 2.14. The monoisotopic (exact) mass is 424 g/mol. The van der Waals surface area contributed by atoms with Gasteiger partial charge in [-0.05, 0) is 43.0 Å². The van der Waals surface area contributed by atoms with Gasteiger partial charge in [0.25, 0.3) is 5.56 Å². The maximum atomic E-state index is 12.8. The summed E-state index contributed by atoms with van der Waals surface area (Å²) in [7, 11) is 0. The molecule has 30 heavy (non-hydrogen) atoms. The number of amides is 1. The van der Waals surface area contributed by atoms with Crippen LogP contribution in [-0.4, -0.2) is 20.4 Å². The van der Waals surface area contributed by atoms with Crippen LogP contribution in [0.25, 0.3) is 0 Å². The van der Waals surface area contributed by atoms with Crippen LogP contribution in [0.1, 0.15) is 22.6 Å². The zero-order chi connectivity index (χ0) is 21.5. The minimum absolute atomic E-state index is 0.113. The molecule has 0 bridgehead atoms. The molecule has 3 rings (SSSR count). The van der Waals surface area contributed by atoms with Gasteiger partial charge in [-0.1, -0.05) is 36.4 Å². The van der Waals surface area contributed by atoms with Gasteiger partial charge in [0.05, 0.1) is 6.20 Å². The van der Waals surface area contributed by atoms with Crippen LogP contribution in [0.5, 0.6) is 0 Å². The molecule has 3 aromatic rings. The van der Waals surface area contributed by atoms with Gasteiger partial charge in [-0.25, -0.2) is 9.97 Å². The van der Waals surface area contributed by atoms with Gasteiger partial charge in [-0.3, -0.25) is 14.2 Å². The Morgan fingerprint density at radius 3 is 2.67 bits per heavy atom. The number of nitrogens with one attached hydrogen (secondary N) is 2. The molecule has 0 aliphatic heterocycles. The molecule has 4 N–H and O–H groups in total. The van der Waals surface area contributed by atoms with Gasteiger partial charge in [-0.2, -0.15) is 0 Å². The molecule has 0 saturated carbocycles. The number of nitrogen functional groups attached to an aromatic ring is 1. The van der Waals surface area contributed by atoms with Crippen LogP contribution >= 0.6 is 11.9 Å². The number of nitrogens with zero attached hydrogens (tertiary/aromatic N) is 3. The van der Waals surface area contributed by atoms with Crippen molar-refractivity contribution in [1.29, 1.82) is 0 Å². The zero-order valence-corrected chi connectivity index (χ0v) is 17.7. The standard InChI is InChI=1S/C21H24N6O2S/c1-14-17(8-9-19(22)25-14)10-24-20(28)12-27-15(2)23-11-18(21(27)29)26-30-13-16-6-4-3-5-7-16/h3-9,11,26H,10,12-13H2,1-2H3,(H2,22,25)(H,24,28). The maximum absolute atomic E-state index is 12.8. The van der Waals surface area contributed by atoms with Gasteiger partial charge in [0.2, 0.25) is 5.91 Å². The number of anilines is 2. The molecule has 2 aromatic heterocycles. The summed E-state index contributed by atoms with van der Waals surface area (Å²) >= 11 is 1.40. The summed E-state index contributed by atoms with van der Waals surface area (Å²) in [4.78, 5) is 33.6. The normalized spacial score (nSPS) is 10.6. The fourth-order valence-corrected chi connectivity index (χ4v) is 3.52. The summed E-state index contributed by atoms with van der Waals surface area (Å²) in [6.45, 7) is 3.73. The first kappa shape index (κ1) is 21.4. The van der Waals surface area contributed by atoms with Gasteiger partial charge in [-0.15, -0.1) is 0 Å². The molecule has 0 unspecified atom stereocenters. The Bertz CT molecular complexity index is 1080. The van der Waals surface area contributed by atoms with Crippen molar-refractivity contribution in [3.05, 3.63) is 81.7 Å². The third-order valence-corrected chi connectivity index (χ3v) is 5.35. The number of benzene rings is 1. The van der Waals surface area contributed by atoms with Crippen molar-refractivity contribution in [3.8, 4) is 0 Å². The summed E-state index contributed by atoms with van der Waals surface area (Å²) in [5, 5.41) is 2.81. The predicted molar refractivity (Wildman–Crippen MR) is 120 cm³/mol. The molecule has 1 aromatic carbocycles. The number of hydrogen-bond donors (Lipinski definition) is 3. The summed E-state index contributed by atoms with van der Waals surface area (Å²) in [5.41, 5.74) is 8.47. The van der Waals surface area contributed by atoms with Crippen molar-refractivity contribution in [2.45, 2.75) is 32.7 Å². The summed E-state index contributed by atoms with van der Waals surface area (Å²) < 4.78 is 4.40. The molecule has 2 heterocycles. The minimum atomic E-state index is -0.288. The molecule has 1 amide bonds. The van der Waals surface area contributed by atoms with Crippen LogP contribution in [0.4, 0.5) is 11.5 Å². The van der Waals surface area contributed by atoms with Crippen molar-refractivity contribution < 1.29 is 4.79 Å². The Balaban J connectivity index is 1.61. The molecular weight excluding hydrogens is 400 g/mol. The Morgan fingerprint density at radius 2 is 1.93 bits per heavy atom. The average Bonchev–Trinajstić information content (AvgIpc) is 2.73. The lowest BCUT2D eigenvalue weighted by Crippen LogP contribution is -2.34. The summed E-state index contributed by atoms with van der Waals surface area (Å²) in [5.74, 6) is 1.32. The van der Waals surface area contributed by atoms with E-state index in [2.05, 4.69) is 20.0 Å². The summed E-state index contributed by atoms with van der Waals surface area (Å²) in [6, 6.07) is 13.4. The van der Waals surface area contributed by atoms with Gasteiger partial charge >= 0.3 is 0 Å². The van der Waals surface area contributed by atoms with Crippen molar-refractivity contribution in [3.63, 3.8) is 0 Å². The molecule has 156 valence electrons. The van der Waals surface area contributed by atoms with Crippen LogP contribution < -0.4 is 21.3 Å². The van der Waals surface area contributed by atoms with Crippen molar-refractivity contribution in [1.82, 2.24) is 19.9 Å². The molecule has 0 fully saturated rings. The lowest BCUT2D eigenvalue weighted by atomic mass is 10.2. The molecule has 0 aliphatic rings. The molecule has 0 aliphatic carbocycles. The largest absolute Gasteiger partial charge is 0.384 e. The first-order chi connectivity index (χ1) is 14.4. The SMILES string of the molecule is Cc1nc(N)ccc1CNC(=O)Cn1c(C)ncc(NSCc2ccccc2)c1=O. The Labute approximate surface area is 179 Å². The van der Waals surface area contributed by atoms with E-state index < -0.39 is 0 Å². The maximum Gasteiger partial charge on any atom is 0.278 e. The van der Waals surface area contributed by atoms with Crippen molar-refractivity contribution >= 4 is 29.4 Å². The molecule has 0 radical (unpaired) electrons. The fourth-order valence-electron chi connectivity index (χ4n) is 2.79. The van der Waals surface area contributed by atoms with E-state index in [-0.39, 0.29) is 18.0 Å². The van der Waals surface area contributed by atoms with Gasteiger partial charge in [0.1, 0.15) is 23.9 Å². The van der Waals surface area contributed by atoms with Crippen LogP contribution in [-0.2, 0) is 23.6 Å². The van der Waals surface area contributed by atoms with Crippen LogP contribution in [0.15, 0.2) is 53.5 Å². The Kier molecular flexibility index (Phi) is 7.08. The highest BCUT2D eigenvalue weighted by atomic mass is 32.2. The summed E-state index contributed by atoms with van der Waals surface area (Å²) in [6.07, 6.45) is 1.49. The number of aromatic nitrogens is 3. The van der Waals surface area contributed by atoms with E-state index in [0.717, 1.165) is 16.8 Å². The van der Waals surface area contributed by atoms with E-state index in [1.54, 1.807) is 13.0 Å². The van der Waals surface area contributed by atoms with E-state index in [0.29, 0.717) is 29.6 Å². The molecule has 0 atom stereocenters. The van der Waals surface area contributed by atoms with Crippen LogP contribution in [0, 0.1) is 13.8 Å². The second-order valence-corrected chi connectivity index (χ2v) is 7.53. The topological polar surface area (TPSA) is 115 Å². The lowest BCUT2D eigenvalue weighted by Gasteiger charge is -2.13. The van der Waals surface area contributed by atoms with E-state index in [4.69, 9.17) is 5.73 Å². The van der Waals surface area contributed by atoms with E-state index >= 15 is 0 Å². The number of carbonyl (C=O) groups excluding carboxylic acids is 1. The lowest BCUT2D eigenvalue weighted by molar-refractivity contribution is -0.121. The van der Waals surface area contributed by atoms with E-state index in [9.17, 15) is 9.59 Å². The van der Waals surface area contributed by atoms with Gasteiger partial charge in [0, 0.05) is 18.0 Å². The number of hydrogen-bond acceptors (Lipinski definition) is 7. The molecular formula is C21H24N6O2S. The van der Waals surface area contributed by atoms with Crippen molar-refractivity contribution in [2.75, 3.05) is 10.5 Å². The molecule has 9 heteroatoms. The first-order valence-corrected chi connectivity index (χ1v) is 10.4. The first-order valence-electron chi connectivity index (χ1n) is 9.41. The number of nitrogens with two attached hydrogens (primary N) is 1. The second kappa shape index (κ2) is 9.93. The Hall–Kier alpha value is -3.33. The third-order valence-electron chi connectivity index (χ3n) is 4.50. The molecule has 0 saturated heterocycles.